The smallest absolute Gasteiger partial charge is 0.408 e. The number of amides is 1. The van der Waals surface area contributed by atoms with E-state index in [2.05, 4.69) is 5.32 Å². The van der Waals surface area contributed by atoms with E-state index in [1.807, 2.05) is 42.5 Å². The summed E-state index contributed by atoms with van der Waals surface area (Å²) in [5, 5.41) is 13.0. The first kappa shape index (κ1) is 30.6. The standard InChI is InChI=1S/C35H29NO9/c37-28-18-26(19-31-33(28)29(38)20-30(45-31)25-14-8-3-9-15-25)44-34(40)27(36-35(41)43-22-24-12-6-2-7-13-24)16-17-32(39)42-21-23-10-4-1-5-11-23/h1-15,18-20,27,37H,16-17,21-22H2,(H,36,41)/t27-/m0/s1. The average Bonchev–Trinajstić information content (AvgIpc) is 3.05. The van der Waals surface area contributed by atoms with Crippen LogP contribution in [0.2, 0.25) is 0 Å². The minimum absolute atomic E-state index is 0.0135. The number of fused-ring (bicyclic) bond motifs is 1. The van der Waals surface area contributed by atoms with Crippen LogP contribution in [0.15, 0.2) is 118 Å². The molecule has 0 saturated carbocycles. The quantitative estimate of drug-likeness (QED) is 0.139. The monoisotopic (exact) mass is 607 g/mol. The van der Waals surface area contributed by atoms with Crippen LogP contribution < -0.4 is 15.5 Å². The van der Waals surface area contributed by atoms with E-state index in [1.165, 1.54) is 12.1 Å². The minimum atomic E-state index is -1.32. The number of alkyl carbamates (subject to hydrolysis) is 1. The van der Waals surface area contributed by atoms with Gasteiger partial charge in [-0.2, -0.15) is 0 Å². The van der Waals surface area contributed by atoms with Crippen molar-refractivity contribution < 1.29 is 38.1 Å². The molecule has 0 aliphatic carbocycles. The molecule has 5 aromatic rings. The van der Waals surface area contributed by atoms with Gasteiger partial charge in [0.2, 0.25) is 0 Å². The number of nitrogens with one attached hydrogen (secondary N) is 1. The SMILES string of the molecule is O=C(CC[C@H](NC(=O)OCc1ccccc1)C(=O)Oc1cc(O)c2c(=O)cc(-c3ccccc3)oc2c1)OCc1ccccc1. The Morgan fingerprint density at radius 1 is 0.778 bits per heavy atom. The van der Waals surface area contributed by atoms with Crippen LogP contribution in [-0.4, -0.2) is 29.2 Å². The summed E-state index contributed by atoms with van der Waals surface area (Å²) >= 11 is 0. The maximum absolute atomic E-state index is 13.3. The Morgan fingerprint density at radius 3 is 2.02 bits per heavy atom. The van der Waals surface area contributed by atoms with Crippen molar-refractivity contribution in [3.8, 4) is 22.8 Å². The molecular weight excluding hydrogens is 578 g/mol. The van der Waals surface area contributed by atoms with Crippen molar-refractivity contribution in [3.63, 3.8) is 0 Å². The summed E-state index contributed by atoms with van der Waals surface area (Å²) in [5.74, 6) is -1.88. The summed E-state index contributed by atoms with van der Waals surface area (Å²) in [5.41, 5.74) is 1.67. The molecule has 0 aliphatic rings. The van der Waals surface area contributed by atoms with Gasteiger partial charge in [0, 0.05) is 30.2 Å². The predicted octanol–water partition coefficient (Wildman–Crippen LogP) is 5.89. The molecular formula is C35H29NO9. The molecule has 1 amide bonds. The summed E-state index contributed by atoms with van der Waals surface area (Å²) in [4.78, 5) is 51.2. The number of ether oxygens (including phenoxy) is 3. The molecule has 1 atom stereocenters. The fraction of sp³-hybridized carbons (Fsp3) is 0.143. The average molecular weight is 608 g/mol. The summed E-state index contributed by atoms with van der Waals surface area (Å²) < 4.78 is 21.9. The summed E-state index contributed by atoms with van der Waals surface area (Å²) in [6, 6.07) is 29.3. The van der Waals surface area contributed by atoms with Gasteiger partial charge in [-0.25, -0.2) is 9.59 Å². The fourth-order valence-corrected chi connectivity index (χ4v) is 4.46. The lowest BCUT2D eigenvalue weighted by Crippen LogP contribution is -2.43. The molecule has 0 radical (unpaired) electrons. The Hall–Kier alpha value is -5.90. The number of hydrogen-bond donors (Lipinski definition) is 2. The zero-order valence-corrected chi connectivity index (χ0v) is 24.0. The number of benzene rings is 4. The first-order valence-corrected chi connectivity index (χ1v) is 14.1. The Labute approximate surface area is 257 Å². The second-order valence-electron chi connectivity index (χ2n) is 10.0. The van der Waals surface area contributed by atoms with Crippen molar-refractivity contribution >= 4 is 29.0 Å². The highest BCUT2D eigenvalue weighted by Gasteiger charge is 2.26. The van der Waals surface area contributed by atoms with Crippen LogP contribution in [0.5, 0.6) is 11.5 Å². The fourth-order valence-electron chi connectivity index (χ4n) is 4.46. The number of phenols is 1. The van der Waals surface area contributed by atoms with E-state index in [9.17, 15) is 24.3 Å². The van der Waals surface area contributed by atoms with Gasteiger partial charge in [0.05, 0.1) is 0 Å². The van der Waals surface area contributed by atoms with Gasteiger partial charge >= 0.3 is 18.0 Å². The van der Waals surface area contributed by atoms with Gasteiger partial charge in [0.15, 0.2) is 5.43 Å². The van der Waals surface area contributed by atoms with Crippen molar-refractivity contribution in [1.82, 2.24) is 5.32 Å². The molecule has 1 heterocycles. The minimum Gasteiger partial charge on any atom is -0.507 e. The number of rotatable bonds is 11. The lowest BCUT2D eigenvalue weighted by Gasteiger charge is -2.18. The van der Waals surface area contributed by atoms with Crippen molar-refractivity contribution in [2.75, 3.05) is 0 Å². The van der Waals surface area contributed by atoms with E-state index in [-0.39, 0.29) is 48.5 Å². The van der Waals surface area contributed by atoms with Crippen LogP contribution >= 0.6 is 0 Å². The number of hydrogen-bond acceptors (Lipinski definition) is 9. The van der Waals surface area contributed by atoms with Crippen LogP contribution in [-0.2, 0) is 32.3 Å². The van der Waals surface area contributed by atoms with Crippen molar-refractivity contribution in [2.24, 2.45) is 0 Å². The zero-order valence-electron chi connectivity index (χ0n) is 24.0. The van der Waals surface area contributed by atoms with Gasteiger partial charge < -0.3 is 29.1 Å². The molecule has 10 heteroatoms. The molecule has 45 heavy (non-hydrogen) atoms. The van der Waals surface area contributed by atoms with E-state index in [0.717, 1.165) is 17.2 Å². The lowest BCUT2D eigenvalue weighted by atomic mass is 10.1. The third kappa shape index (κ3) is 8.35. The van der Waals surface area contributed by atoms with Crippen LogP contribution in [0.4, 0.5) is 4.79 Å². The molecule has 228 valence electrons. The molecule has 10 nitrogen and oxygen atoms in total. The first-order valence-electron chi connectivity index (χ1n) is 14.1. The third-order valence-corrected chi connectivity index (χ3v) is 6.73. The summed E-state index contributed by atoms with van der Waals surface area (Å²) in [6.07, 6.45) is -1.29. The van der Waals surface area contributed by atoms with Gasteiger partial charge in [0.1, 0.15) is 47.5 Å². The molecule has 0 spiro atoms. The molecule has 5 rings (SSSR count). The highest BCUT2D eigenvalue weighted by molar-refractivity contribution is 5.88. The molecule has 0 fully saturated rings. The number of carbonyl (C=O) groups is 3. The normalized spacial score (nSPS) is 11.4. The van der Waals surface area contributed by atoms with Crippen LogP contribution in [0.25, 0.3) is 22.3 Å². The van der Waals surface area contributed by atoms with Gasteiger partial charge in [-0.1, -0.05) is 91.0 Å². The van der Waals surface area contributed by atoms with Gasteiger partial charge in [-0.05, 0) is 17.5 Å². The number of phenolic OH excluding ortho intramolecular Hbond substituents is 1. The van der Waals surface area contributed by atoms with Crippen molar-refractivity contribution in [1.29, 1.82) is 0 Å². The molecule has 2 N–H and O–H groups in total. The van der Waals surface area contributed by atoms with Crippen LogP contribution in [0, 0.1) is 0 Å². The highest BCUT2D eigenvalue weighted by Crippen LogP contribution is 2.31. The topological polar surface area (TPSA) is 141 Å². The molecule has 0 unspecified atom stereocenters. The second kappa shape index (κ2) is 14.5. The van der Waals surface area contributed by atoms with Gasteiger partial charge in [-0.3, -0.25) is 9.59 Å². The number of esters is 2. The van der Waals surface area contributed by atoms with Crippen molar-refractivity contribution in [3.05, 3.63) is 131 Å². The second-order valence-corrected chi connectivity index (χ2v) is 10.0. The predicted molar refractivity (Wildman–Crippen MR) is 164 cm³/mol. The van der Waals surface area contributed by atoms with E-state index < -0.39 is 35.3 Å². The van der Waals surface area contributed by atoms with Crippen LogP contribution in [0.3, 0.4) is 0 Å². The Bertz CT molecular complexity index is 1840. The molecule has 0 bridgehead atoms. The first-order chi connectivity index (χ1) is 21.9. The third-order valence-electron chi connectivity index (χ3n) is 6.73. The molecule has 1 aromatic heterocycles. The lowest BCUT2D eigenvalue weighted by molar-refractivity contribution is -0.145. The Morgan fingerprint density at radius 2 is 1.38 bits per heavy atom. The van der Waals surface area contributed by atoms with E-state index in [0.29, 0.717) is 5.56 Å². The molecule has 4 aromatic carbocycles. The molecule has 0 saturated heterocycles. The Kier molecular flexibility index (Phi) is 9.86. The van der Waals surface area contributed by atoms with Gasteiger partial charge in [-0.15, -0.1) is 0 Å². The van der Waals surface area contributed by atoms with Crippen LogP contribution in [0.1, 0.15) is 24.0 Å². The maximum atomic E-state index is 13.3. The van der Waals surface area contributed by atoms with Gasteiger partial charge in [0.25, 0.3) is 0 Å². The van der Waals surface area contributed by atoms with E-state index in [1.54, 1.807) is 48.5 Å². The van der Waals surface area contributed by atoms with E-state index in [4.69, 9.17) is 18.6 Å². The zero-order chi connectivity index (χ0) is 31.6. The largest absolute Gasteiger partial charge is 0.507 e. The van der Waals surface area contributed by atoms with E-state index >= 15 is 0 Å². The number of carbonyl (C=O) groups excluding carboxylic acids is 3. The molecule has 0 aliphatic heterocycles. The summed E-state index contributed by atoms with van der Waals surface area (Å²) in [6.45, 7) is 0.00273. The van der Waals surface area contributed by atoms with Crippen molar-refractivity contribution in [2.45, 2.75) is 32.1 Å². The Balaban J connectivity index is 1.31. The highest BCUT2D eigenvalue weighted by atomic mass is 16.6. The number of aromatic hydroxyl groups is 1. The maximum Gasteiger partial charge on any atom is 0.408 e. The summed E-state index contributed by atoms with van der Waals surface area (Å²) in [7, 11) is 0.